The average molecular weight is 489 g/mol. The lowest BCUT2D eigenvalue weighted by Gasteiger charge is -2.16. The Balaban J connectivity index is 1.22. The molecule has 6 nitrogen and oxygen atoms in total. The number of urea groups is 1. The maximum Gasteiger partial charge on any atom is 0.315 e. The molecule has 3 rings (SSSR count). The molecule has 3 N–H and O–H groups in total. The van der Waals surface area contributed by atoms with Crippen molar-refractivity contribution in [1.82, 2.24) is 16.0 Å². The van der Waals surface area contributed by atoms with Crippen molar-refractivity contribution in [1.29, 1.82) is 0 Å². The van der Waals surface area contributed by atoms with Crippen molar-refractivity contribution >= 4 is 46.3 Å². The fourth-order valence-corrected chi connectivity index (χ4v) is 5.16. The Morgan fingerprint density at radius 3 is 2.88 bits per heavy atom. The maximum atomic E-state index is 11.9. The molecule has 8 heteroatoms. The number of ether oxygens (including phenoxy) is 1. The summed E-state index contributed by atoms with van der Waals surface area (Å²) in [6.07, 6.45) is 3.46. The Kier molecular flexibility index (Phi) is 7.30. The largest absolute Gasteiger partial charge is 0.492 e. The molecule has 0 aliphatic carbocycles. The zero-order valence-corrected chi connectivity index (χ0v) is 17.5. The van der Waals surface area contributed by atoms with Crippen LogP contribution in [0.4, 0.5) is 4.79 Å². The van der Waals surface area contributed by atoms with Gasteiger partial charge in [0.05, 0.1) is 18.6 Å². The van der Waals surface area contributed by atoms with Crippen molar-refractivity contribution in [2.24, 2.45) is 0 Å². The molecule has 1 aromatic rings. The normalized spacial score (nSPS) is 23.9. The van der Waals surface area contributed by atoms with E-state index in [2.05, 4.69) is 38.5 Å². The predicted molar refractivity (Wildman–Crippen MR) is 112 cm³/mol. The number of fused-ring (bicyclic) bond motifs is 1. The molecule has 26 heavy (non-hydrogen) atoms. The number of hydrogen-bond acceptors (Lipinski definition) is 4. The highest BCUT2D eigenvalue weighted by Gasteiger charge is 2.42. The van der Waals surface area contributed by atoms with E-state index in [4.69, 9.17) is 4.74 Å². The summed E-state index contributed by atoms with van der Waals surface area (Å²) in [5.74, 6) is 1.87. The van der Waals surface area contributed by atoms with Crippen LogP contribution in [0.3, 0.4) is 0 Å². The molecule has 2 aliphatic rings. The number of carbonyl (C=O) groups is 2. The molecule has 3 unspecified atom stereocenters. The number of nitrogens with one attached hydrogen (secondary N) is 3. The lowest BCUT2D eigenvalue weighted by atomic mass is 10.0. The average Bonchev–Trinajstić information content (AvgIpc) is 3.17. The fourth-order valence-electron chi connectivity index (χ4n) is 3.25. The summed E-state index contributed by atoms with van der Waals surface area (Å²) >= 11 is 4.17. The summed E-state index contributed by atoms with van der Waals surface area (Å²) < 4.78 is 6.76. The third-order valence-corrected chi connectivity index (χ3v) is 6.82. The van der Waals surface area contributed by atoms with Crippen molar-refractivity contribution in [2.75, 3.05) is 18.9 Å². The van der Waals surface area contributed by atoms with Crippen molar-refractivity contribution in [3.05, 3.63) is 27.8 Å². The van der Waals surface area contributed by atoms with Gasteiger partial charge < -0.3 is 20.7 Å². The van der Waals surface area contributed by atoms with Crippen LogP contribution in [0.15, 0.2) is 24.3 Å². The van der Waals surface area contributed by atoms with E-state index in [1.165, 1.54) is 3.57 Å². The van der Waals surface area contributed by atoms with Gasteiger partial charge in [0.15, 0.2) is 0 Å². The number of amides is 3. The zero-order chi connectivity index (χ0) is 18.4. The van der Waals surface area contributed by atoms with Gasteiger partial charge in [-0.15, -0.1) is 0 Å². The van der Waals surface area contributed by atoms with Gasteiger partial charge in [-0.2, -0.15) is 11.8 Å². The van der Waals surface area contributed by atoms with Crippen LogP contribution in [0.5, 0.6) is 5.75 Å². The molecular weight excluding hydrogens is 465 g/mol. The molecule has 0 spiro atoms. The maximum absolute atomic E-state index is 11.9. The van der Waals surface area contributed by atoms with Gasteiger partial charge in [-0.3, -0.25) is 4.79 Å². The number of hydrogen-bond donors (Lipinski definition) is 3. The first-order valence-electron chi connectivity index (χ1n) is 8.95. The Morgan fingerprint density at radius 1 is 1.27 bits per heavy atom. The number of thioether (sulfide) groups is 1. The molecule has 1 aromatic carbocycles. The number of benzene rings is 1. The van der Waals surface area contributed by atoms with Crippen molar-refractivity contribution < 1.29 is 14.3 Å². The molecular formula is C18H24IN3O3S. The zero-order valence-electron chi connectivity index (χ0n) is 14.5. The number of carbonyl (C=O) groups excluding carboxylic acids is 2. The highest BCUT2D eigenvalue weighted by molar-refractivity contribution is 14.1. The van der Waals surface area contributed by atoms with Gasteiger partial charge in [-0.25, -0.2) is 4.79 Å². The topological polar surface area (TPSA) is 79.5 Å². The lowest BCUT2D eigenvalue weighted by molar-refractivity contribution is -0.121. The Morgan fingerprint density at radius 2 is 2.08 bits per heavy atom. The van der Waals surface area contributed by atoms with Crippen LogP contribution in [0.1, 0.15) is 25.7 Å². The third kappa shape index (κ3) is 5.67. The fraction of sp³-hybridized carbons (Fsp3) is 0.556. The highest BCUT2D eigenvalue weighted by Crippen LogP contribution is 2.33. The van der Waals surface area contributed by atoms with Crippen molar-refractivity contribution in [3.63, 3.8) is 0 Å². The summed E-state index contributed by atoms with van der Waals surface area (Å²) in [5.41, 5.74) is 0. The monoisotopic (exact) mass is 489 g/mol. The highest BCUT2D eigenvalue weighted by atomic mass is 127. The first kappa shape index (κ1) is 19.6. The third-order valence-electron chi connectivity index (χ3n) is 4.59. The van der Waals surface area contributed by atoms with E-state index in [1.54, 1.807) is 0 Å². The summed E-state index contributed by atoms with van der Waals surface area (Å²) in [5, 5.41) is 9.31. The van der Waals surface area contributed by atoms with Gasteiger partial charge in [-0.1, -0.05) is 6.42 Å². The van der Waals surface area contributed by atoms with Crippen LogP contribution in [-0.2, 0) is 4.79 Å². The second-order valence-corrected chi connectivity index (χ2v) is 9.04. The molecule has 2 saturated heterocycles. The summed E-state index contributed by atoms with van der Waals surface area (Å²) in [6, 6.07) is 8.32. The lowest BCUT2D eigenvalue weighted by Crippen LogP contribution is -2.36. The molecule has 142 valence electrons. The molecule has 0 saturated carbocycles. The van der Waals surface area contributed by atoms with Crippen molar-refractivity contribution in [3.8, 4) is 5.75 Å². The van der Waals surface area contributed by atoms with Crippen LogP contribution >= 0.6 is 34.4 Å². The molecule has 2 aliphatic heterocycles. The van der Waals surface area contributed by atoms with E-state index in [0.29, 0.717) is 24.8 Å². The molecule has 2 fully saturated rings. The van der Waals surface area contributed by atoms with E-state index >= 15 is 0 Å². The molecule has 3 atom stereocenters. The standard InChI is InChI=1S/C18H24IN3O3S/c19-12-5-7-13(8-6-12)25-10-9-20-16(23)4-2-1-3-15-17-14(11-26-15)21-18(24)22-17/h5-8,14-15,17H,1-4,9-11H2,(H,20,23)(H2,21,22,24). The molecule has 0 radical (unpaired) electrons. The predicted octanol–water partition coefficient (Wildman–Crippen LogP) is 2.51. The minimum Gasteiger partial charge on any atom is -0.492 e. The summed E-state index contributed by atoms with van der Waals surface area (Å²) in [6.45, 7) is 0.992. The van der Waals surface area contributed by atoms with Crippen molar-refractivity contribution in [2.45, 2.75) is 43.0 Å². The molecule has 2 heterocycles. The van der Waals surface area contributed by atoms with Gasteiger partial charge in [0.25, 0.3) is 0 Å². The van der Waals surface area contributed by atoms with Gasteiger partial charge in [0, 0.05) is 21.0 Å². The number of rotatable bonds is 9. The molecule has 0 bridgehead atoms. The Bertz CT molecular complexity index is 629. The van der Waals surface area contributed by atoms with Gasteiger partial charge in [-0.05, 0) is 59.7 Å². The second kappa shape index (κ2) is 9.68. The molecule has 0 aromatic heterocycles. The van der Waals surface area contributed by atoms with E-state index in [-0.39, 0.29) is 24.0 Å². The Hall–Kier alpha value is -1.16. The first-order valence-corrected chi connectivity index (χ1v) is 11.1. The smallest absolute Gasteiger partial charge is 0.315 e. The summed E-state index contributed by atoms with van der Waals surface area (Å²) in [7, 11) is 0. The number of halogens is 1. The van der Waals surface area contributed by atoms with Gasteiger partial charge in [0.2, 0.25) is 5.91 Å². The minimum atomic E-state index is -0.0443. The van der Waals surface area contributed by atoms with E-state index in [1.807, 2.05) is 36.0 Å². The van der Waals surface area contributed by atoms with Crippen LogP contribution in [0.2, 0.25) is 0 Å². The van der Waals surface area contributed by atoms with E-state index < -0.39 is 0 Å². The number of unbranched alkanes of at least 4 members (excludes halogenated alkanes) is 1. The van der Waals surface area contributed by atoms with E-state index in [9.17, 15) is 9.59 Å². The minimum absolute atomic E-state index is 0.0443. The Labute approximate surface area is 171 Å². The molecule has 3 amide bonds. The van der Waals surface area contributed by atoms with Crippen LogP contribution in [0, 0.1) is 3.57 Å². The summed E-state index contributed by atoms with van der Waals surface area (Å²) in [4.78, 5) is 23.2. The van der Waals surface area contributed by atoms with E-state index in [0.717, 1.165) is 30.8 Å². The van der Waals surface area contributed by atoms with Crippen LogP contribution in [0.25, 0.3) is 0 Å². The van der Waals surface area contributed by atoms with Gasteiger partial charge in [0.1, 0.15) is 12.4 Å². The second-order valence-electron chi connectivity index (χ2n) is 6.52. The van der Waals surface area contributed by atoms with Gasteiger partial charge >= 0.3 is 6.03 Å². The first-order chi connectivity index (χ1) is 12.6. The van der Waals surface area contributed by atoms with Crippen LogP contribution < -0.4 is 20.7 Å². The SMILES string of the molecule is O=C(CCCCC1SCC2NC(=O)NC21)NCCOc1ccc(I)cc1. The van der Waals surface area contributed by atoms with Crippen LogP contribution in [-0.4, -0.2) is 48.2 Å². The quantitative estimate of drug-likeness (QED) is 0.283.